The number of likely N-dealkylation sites (tertiary alicyclic amines) is 1. The van der Waals surface area contributed by atoms with E-state index in [1.807, 2.05) is 0 Å². The molecule has 6 heteroatoms. The van der Waals surface area contributed by atoms with Gasteiger partial charge in [-0.15, -0.1) is 10.2 Å². The molecule has 2 heterocycles. The van der Waals surface area contributed by atoms with Gasteiger partial charge in [0.05, 0.1) is 11.3 Å². The van der Waals surface area contributed by atoms with E-state index in [4.69, 9.17) is 0 Å². The molecule has 0 atom stereocenters. The van der Waals surface area contributed by atoms with E-state index >= 15 is 0 Å². The zero-order chi connectivity index (χ0) is 17.2. The van der Waals surface area contributed by atoms with Crippen molar-refractivity contribution in [3.05, 3.63) is 42.0 Å². The molecule has 0 unspecified atom stereocenters. The van der Waals surface area contributed by atoms with Gasteiger partial charge in [-0.2, -0.15) is 0 Å². The molecule has 132 valence electrons. The zero-order valence-corrected chi connectivity index (χ0v) is 14.1. The summed E-state index contributed by atoms with van der Waals surface area (Å²) in [6.45, 7) is 3.47. The number of nitrogens with one attached hydrogen (secondary N) is 1. The predicted molar refractivity (Wildman–Crippen MR) is 93.2 cm³/mol. The third-order valence-corrected chi connectivity index (χ3v) is 5.04. The fourth-order valence-corrected chi connectivity index (χ4v) is 3.42. The molecule has 1 saturated carbocycles. The molecule has 1 saturated heterocycles. The minimum atomic E-state index is -0.627. The van der Waals surface area contributed by atoms with Gasteiger partial charge in [0.2, 0.25) is 0 Å². The van der Waals surface area contributed by atoms with E-state index in [0.717, 1.165) is 31.8 Å². The van der Waals surface area contributed by atoms with Gasteiger partial charge in [-0.3, -0.25) is 0 Å². The summed E-state index contributed by atoms with van der Waals surface area (Å²) in [6.07, 6.45) is 4.95. The molecule has 1 N–H and O–H groups in total. The quantitative estimate of drug-likeness (QED) is 0.898. The molecule has 0 radical (unpaired) electrons. The smallest absolute Gasteiger partial charge is 0.148 e. The van der Waals surface area contributed by atoms with E-state index in [9.17, 15) is 8.78 Å². The lowest BCUT2D eigenvalue weighted by Crippen LogP contribution is -2.40. The van der Waals surface area contributed by atoms with Crippen LogP contribution in [0.4, 0.5) is 14.6 Å². The third-order valence-electron chi connectivity index (χ3n) is 5.04. The van der Waals surface area contributed by atoms with Gasteiger partial charge in [0.15, 0.2) is 0 Å². The molecule has 2 fully saturated rings. The highest BCUT2D eigenvalue weighted by Gasteiger charge is 2.27. The van der Waals surface area contributed by atoms with Crippen molar-refractivity contribution in [1.82, 2.24) is 15.1 Å². The lowest BCUT2D eigenvalue weighted by molar-refractivity contribution is 0.211. The molecule has 4 rings (SSSR count). The monoisotopic (exact) mass is 344 g/mol. The summed E-state index contributed by atoms with van der Waals surface area (Å²) in [4.78, 5) is 2.55. The van der Waals surface area contributed by atoms with Crippen LogP contribution in [0.15, 0.2) is 30.3 Å². The molecule has 1 aliphatic carbocycles. The van der Waals surface area contributed by atoms with Crippen molar-refractivity contribution in [2.75, 3.05) is 25.0 Å². The van der Waals surface area contributed by atoms with E-state index in [1.54, 1.807) is 12.1 Å². The molecular formula is C19H22F2N4. The van der Waals surface area contributed by atoms with Gasteiger partial charge in [-0.1, -0.05) is 6.07 Å². The van der Waals surface area contributed by atoms with Crippen LogP contribution in [0.25, 0.3) is 11.3 Å². The van der Waals surface area contributed by atoms with Crippen molar-refractivity contribution in [2.45, 2.75) is 31.7 Å². The number of anilines is 1. The Kier molecular flexibility index (Phi) is 4.61. The first-order valence-electron chi connectivity index (χ1n) is 8.96. The van der Waals surface area contributed by atoms with E-state index in [1.165, 1.54) is 37.6 Å². The van der Waals surface area contributed by atoms with Gasteiger partial charge in [0.1, 0.15) is 17.5 Å². The Morgan fingerprint density at radius 1 is 0.960 bits per heavy atom. The second-order valence-corrected chi connectivity index (χ2v) is 7.06. The Bertz CT molecular complexity index is 702. The molecule has 0 spiro atoms. The molecule has 1 aliphatic heterocycles. The third kappa shape index (κ3) is 3.95. The van der Waals surface area contributed by atoms with Crippen molar-refractivity contribution in [2.24, 2.45) is 5.92 Å². The molecule has 1 aromatic heterocycles. The Morgan fingerprint density at radius 3 is 2.28 bits per heavy atom. The number of hydrogen-bond donors (Lipinski definition) is 1. The SMILES string of the molecule is Fc1cccc(F)c1-c1ccc(NC2CCN(CC3CC3)CC2)nn1. The Hall–Kier alpha value is -2.08. The van der Waals surface area contributed by atoms with Crippen LogP contribution in [-0.4, -0.2) is 40.8 Å². The number of piperidine rings is 1. The molecule has 1 aromatic carbocycles. The average molecular weight is 344 g/mol. The minimum absolute atomic E-state index is 0.130. The molecule has 25 heavy (non-hydrogen) atoms. The van der Waals surface area contributed by atoms with Gasteiger partial charge in [-0.05, 0) is 55.9 Å². The van der Waals surface area contributed by atoms with Crippen LogP contribution in [0.2, 0.25) is 0 Å². The van der Waals surface area contributed by atoms with Crippen molar-refractivity contribution >= 4 is 5.82 Å². The van der Waals surface area contributed by atoms with Crippen LogP contribution in [0.1, 0.15) is 25.7 Å². The number of halogens is 2. The van der Waals surface area contributed by atoms with E-state index in [2.05, 4.69) is 20.4 Å². The van der Waals surface area contributed by atoms with Gasteiger partial charge >= 0.3 is 0 Å². The molecule has 2 aromatic rings. The maximum atomic E-state index is 13.8. The number of hydrogen-bond acceptors (Lipinski definition) is 4. The van der Waals surface area contributed by atoms with Gasteiger partial charge < -0.3 is 10.2 Å². The fraction of sp³-hybridized carbons (Fsp3) is 0.474. The lowest BCUT2D eigenvalue weighted by atomic mass is 10.0. The van der Waals surface area contributed by atoms with Crippen molar-refractivity contribution in [1.29, 1.82) is 0 Å². The number of benzene rings is 1. The molecule has 2 aliphatic rings. The number of aromatic nitrogens is 2. The summed E-state index contributed by atoms with van der Waals surface area (Å²) >= 11 is 0. The fourth-order valence-electron chi connectivity index (χ4n) is 3.42. The van der Waals surface area contributed by atoms with Crippen LogP contribution in [0.3, 0.4) is 0 Å². The highest BCUT2D eigenvalue weighted by Crippen LogP contribution is 2.31. The van der Waals surface area contributed by atoms with Crippen LogP contribution in [0, 0.1) is 17.6 Å². The minimum Gasteiger partial charge on any atom is -0.366 e. The van der Waals surface area contributed by atoms with Crippen molar-refractivity contribution in [3.8, 4) is 11.3 Å². The second kappa shape index (κ2) is 7.04. The zero-order valence-electron chi connectivity index (χ0n) is 14.1. The summed E-state index contributed by atoms with van der Waals surface area (Å²) in [7, 11) is 0. The van der Waals surface area contributed by atoms with E-state index in [-0.39, 0.29) is 11.3 Å². The first-order valence-corrected chi connectivity index (χ1v) is 8.96. The maximum Gasteiger partial charge on any atom is 0.148 e. The molecular weight excluding hydrogens is 322 g/mol. The lowest BCUT2D eigenvalue weighted by Gasteiger charge is -2.32. The van der Waals surface area contributed by atoms with E-state index < -0.39 is 11.6 Å². The molecule has 0 bridgehead atoms. The van der Waals surface area contributed by atoms with Crippen LogP contribution >= 0.6 is 0 Å². The highest BCUT2D eigenvalue weighted by atomic mass is 19.1. The van der Waals surface area contributed by atoms with Gasteiger partial charge in [-0.25, -0.2) is 8.78 Å². The van der Waals surface area contributed by atoms with Gasteiger partial charge in [0.25, 0.3) is 0 Å². The summed E-state index contributed by atoms with van der Waals surface area (Å²) in [6, 6.07) is 7.51. The standard InChI is InChI=1S/C19H22F2N4/c20-15-2-1-3-16(21)19(15)17-6-7-18(24-23-17)22-14-8-10-25(11-9-14)12-13-4-5-13/h1-3,6-7,13-14H,4-5,8-12H2,(H,22,24). The van der Waals surface area contributed by atoms with Crippen molar-refractivity contribution < 1.29 is 8.78 Å². The molecule has 0 amide bonds. The summed E-state index contributed by atoms with van der Waals surface area (Å²) in [5.74, 6) is 0.332. The van der Waals surface area contributed by atoms with Crippen LogP contribution in [-0.2, 0) is 0 Å². The first-order chi connectivity index (χ1) is 12.2. The summed E-state index contributed by atoms with van der Waals surface area (Å²) < 4.78 is 27.6. The number of rotatable bonds is 5. The number of nitrogens with zero attached hydrogens (tertiary/aromatic N) is 3. The van der Waals surface area contributed by atoms with Crippen molar-refractivity contribution in [3.63, 3.8) is 0 Å². The highest BCUT2D eigenvalue weighted by molar-refractivity contribution is 5.61. The Morgan fingerprint density at radius 2 is 1.68 bits per heavy atom. The summed E-state index contributed by atoms with van der Waals surface area (Å²) in [5.41, 5.74) is 0.0790. The Balaban J connectivity index is 1.36. The van der Waals surface area contributed by atoms with Gasteiger partial charge in [0, 0.05) is 25.7 Å². The Labute approximate surface area is 146 Å². The normalized spacial score (nSPS) is 19.1. The topological polar surface area (TPSA) is 41.0 Å². The van der Waals surface area contributed by atoms with Crippen LogP contribution in [0.5, 0.6) is 0 Å². The average Bonchev–Trinajstić information content (AvgIpc) is 3.42. The second-order valence-electron chi connectivity index (χ2n) is 7.06. The molecule has 4 nitrogen and oxygen atoms in total. The van der Waals surface area contributed by atoms with Crippen LogP contribution < -0.4 is 5.32 Å². The first kappa shape index (κ1) is 16.4. The van der Waals surface area contributed by atoms with E-state index in [0.29, 0.717) is 11.9 Å². The summed E-state index contributed by atoms with van der Waals surface area (Å²) in [5, 5.41) is 11.5. The largest absolute Gasteiger partial charge is 0.366 e. The predicted octanol–water partition coefficient (Wildman–Crippen LogP) is 3.71. The maximum absolute atomic E-state index is 13.8.